The van der Waals surface area contributed by atoms with Crippen LogP contribution in [0.2, 0.25) is 0 Å². The molecule has 0 amide bonds. The number of nitrogens with two attached hydrogens (primary N) is 2. The molecule has 158 valence electrons. The minimum Gasteiger partial charge on any atom is -0.398 e. The highest BCUT2D eigenvalue weighted by molar-refractivity contribution is 5.94. The SMILES string of the molecule is Nc1nc2ccccc2c(N)c1C1CCC(NCc2cccc(C(F)(F)F)c2)CC1. The van der Waals surface area contributed by atoms with E-state index in [-0.39, 0.29) is 12.0 Å². The van der Waals surface area contributed by atoms with Gasteiger partial charge < -0.3 is 16.8 Å². The molecule has 0 bridgehead atoms. The van der Waals surface area contributed by atoms with Gasteiger partial charge in [-0.1, -0.05) is 36.4 Å². The Morgan fingerprint density at radius 3 is 2.43 bits per heavy atom. The van der Waals surface area contributed by atoms with Gasteiger partial charge in [-0.2, -0.15) is 13.2 Å². The number of nitrogens with one attached hydrogen (secondary N) is 1. The van der Waals surface area contributed by atoms with Gasteiger partial charge in [-0.25, -0.2) is 4.98 Å². The van der Waals surface area contributed by atoms with E-state index in [4.69, 9.17) is 11.5 Å². The minimum absolute atomic E-state index is 0.244. The highest BCUT2D eigenvalue weighted by Crippen LogP contribution is 2.40. The number of nitrogens with zero attached hydrogens (tertiary/aromatic N) is 1. The predicted octanol–water partition coefficient (Wildman–Crippen LogP) is 5.23. The van der Waals surface area contributed by atoms with Crippen molar-refractivity contribution in [3.05, 3.63) is 65.2 Å². The number of pyridine rings is 1. The number of benzene rings is 2. The van der Waals surface area contributed by atoms with Crippen LogP contribution in [0, 0.1) is 0 Å². The Labute approximate surface area is 173 Å². The number of anilines is 2. The van der Waals surface area contributed by atoms with Gasteiger partial charge in [-0.05, 0) is 49.3 Å². The van der Waals surface area contributed by atoms with Crippen molar-refractivity contribution in [2.75, 3.05) is 11.5 Å². The summed E-state index contributed by atoms with van der Waals surface area (Å²) in [5.41, 5.74) is 15.1. The summed E-state index contributed by atoms with van der Waals surface area (Å²) >= 11 is 0. The molecule has 4 rings (SSSR count). The van der Waals surface area contributed by atoms with Crippen LogP contribution >= 0.6 is 0 Å². The van der Waals surface area contributed by atoms with Crippen LogP contribution in [0.4, 0.5) is 24.7 Å². The first-order chi connectivity index (χ1) is 14.3. The third-order valence-corrected chi connectivity index (χ3v) is 5.99. The average molecular weight is 414 g/mol. The molecule has 5 N–H and O–H groups in total. The minimum atomic E-state index is -4.32. The number of nitrogen functional groups attached to an aromatic ring is 2. The lowest BCUT2D eigenvalue weighted by molar-refractivity contribution is -0.137. The molecule has 0 saturated heterocycles. The molecule has 1 aliphatic carbocycles. The zero-order valence-corrected chi connectivity index (χ0v) is 16.5. The quantitative estimate of drug-likeness (QED) is 0.546. The summed E-state index contributed by atoms with van der Waals surface area (Å²) in [5, 5.41) is 4.32. The van der Waals surface area contributed by atoms with Crippen LogP contribution in [0.1, 0.15) is 48.3 Å². The Balaban J connectivity index is 1.40. The molecule has 1 fully saturated rings. The monoisotopic (exact) mass is 414 g/mol. The highest BCUT2D eigenvalue weighted by Gasteiger charge is 2.30. The van der Waals surface area contributed by atoms with Gasteiger partial charge >= 0.3 is 6.18 Å². The average Bonchev–Trinajstić information content (AvgIpc) is 2.73. The van der Waals surface area contributed by atoms with Crippen molar-refractivity contribution in [2.24, 2.45) is 0 Å². The third-order valence-electron chi connectivity index (χ3n) is 5.99. The fraction of sp³-hybridized carbons (Fsp3) is 0.348. The summed E-state index contributed by atoms with van der Waals surface area (Å²) in [5.74, 6) is 0.736. The van der Waals surface area contributed by atoms with Gasteiger partial charge in [-0.15, -0.1) is 0 Å². The topological polar surface area (TPSA) is 77.0 Å². The van der Waals surface area contributed by atoms with Gasteiger partial charge in [0, 0.05) is 29.2 Å². The Kier molecular flexibility index (Phi) is 5.56. The molecule has 1 saturated carbocycles. The maximum atomic E-state index is 12.9. The normalized spacial score (nSPS) is 19.8. The maximum absolute atomic E-state index is 12.9. The Morgan fingerprint density at radius 2 is 1.70 bits per heavy atom. The van der Waals surface area contributed by atoms with Crippen molar-refractivity contribution in [2.45, 2.75) is 50.4 Å². The van der Waals surface area contributed by atoms with Crippen LogP contribution in [0.5, 0.6) is 0 Å². The second kappa shape index (κ2) is 8.14. The second-order valence-electron chi connectivity index (χ2n) is 7.97. The number of para-hydroxylation sites is 1. The van der Waals surface area contributed by atoms with Gasteiger partial charge in [-0.3, -0.25) is 0 Å². The molecular weight excluding hydrogens is 389 g/mol. The molecule has 0 spiro atoms. The molecule has 1 heterocycles. The van der Waals surface area contributed by atoms with Crippen molar-refractivity contribution in [1.29, 1.82) is 0 Å². The van der Waals surface area contributed by atoms with Crippen molar-refractivity contribution in [1.82, 2.24) is 10.3 Å². The standard InChI is InChI=1S/C23H25F3N4/c24-23(25,26)16-5-3-4-14(12-16)13-29-17-10-8-15(9-11-17)20-21(27)18-6-1-2-7-19(18)30-22(20)28/h1-7,12,15,17,29H,8-11,13H2,(H4,27,28,30). The van der Waals surface area contributed by atoms with Crippen molar-refractivity contribution < 1.29 is 13.2 Å². The molecule has 1 aliphatic rings. The highest BCUT2D eigenvalue weighted by atomic mass is 19.4. The number of fused-ring (bicyclic) bond motifs is 1. The number of halogens is 3. The largest absolute Gasteiger partial charge is 0.416 e. The van der Waals surface area contributed by atoms with E-state index in [0.29, 0.717) is 23.6 Å². The summed E-state index contributed by atoms with van der Waals surface area (Å²) < 4.78 is 38.7. The smallest absolute Gasteiger partial charge is 0.398 e. The van der Waals surface area contributed by atoms with Crippen LogP contribution < -0.4 is 16.8 Å². The van der Waals surface area contributed by atoms with E-state index in [9.17, 15) is 13.2 Å². The number of hydrogen-bond acceptors (Lipinski definition) is 4. The van der Waals surface area contributed by atoms with Crippen molar-refractivity contribution >= 4 is 22.4 Å². The Hall–Kier alpha value is -2.80. The lowest BCUT2D eigenvalue weighted by Crippen LogP contribution is -2.32. The summed E-state index contributed by atoms with van der Waals surface area (Å²) in [6, 6.07) is 13.5. The van der Waals surface area contributed by atoms with Gasteiger partial charge in [0.05, 0.1) is 11.1 Å². The maximum Gasteiger partial charge on any atom is 0.416 e. The molecule has 7 heteroatoms. The van der Waals surface area contributed by atoms with E-state index >= 15 is 0 Å². The Morgan fingerprint density at radius 1 is 0.967 bits per heavy atom. The van der Waals surface area contributed by atoms with Crippen LogP contribution in [0.25, 0.3) is 10.9 Å². The zero-order chi connectivity index (χ0) is 21.3. The van der Waals surface area contributed by atoms with Gasteiger partial charge in [0.2, 0.25) is 0 Å². The fourth-order valence-corrected chi connectivity index (χ4v) is 4.41. The molecule has 1 aromatic heterocycles. The van der Waals surface area contributed by atoms with E-state index in [1.54, 1.807) is 6.07 Å². The lowest BCUT2D eigenvalue weighted by Gasteiger charge is -2.31. The van der Waals surface area contributed by atoms with Crippen molar-refractivity contribution in [3.8, 4) is 0 Å². The molecule has 2 aromatic carbocycles. The molecule has 30 heavy (non-hydrogen) atoms. The number of aromatic nitrogens is 1. The fourth-order valence-electron chi connectivity index (χ4n) is 4.41. The second-order valence-corrected chi connectivity index (χ2v) is 7.97. The number of hydrogen-bond donors (Lipinski definition) is 3. The summed E-state index contributed by atoms with van der Waals surface area (Å²) in [6.07, 6.45) is -0.671. The van der Waals surface area contributed by atoms with E-state index in [1.807, 2.05) is 24.3 Å². The van der Waals surface area contributed by atoms with E-state index in [0.717, 1.165) is 48.2 Å². The predicted molar refractivity (Wildman–Crippen MR) is 114 cm³/mol. The van der Waals surface area contributed by atoms with Gasteiger partial charge in [0.1, 0.15) is 5.82 Å². The van der Waals surface area contributed by atoms with Crippen LogP contribution in [-0.4, -0.2) is 11.0 Å². The molecule has 0 unspecified atom stereocenters. The third kappa shape index (κ3) is 4.21. The summed E-state index contributed by atoms with van der Waals surface area (Å²) in [6.45, 7) is 0.418. The van der Waals surface area contributed by atoms with Crippen LogP contribution in [-0.2, 0) is 12.7 Å². The molecule has 4 nitrogen and oxygen atoms in total. The number of alkyl halides is 3. The van der Waals surface area contributed by atoms with Gasteiger partial charge in [0.25, 0.3) is 0 Å². The molecule has 0 aliphatic heterocycles. The van der Waals surface area contributed by atoms with E-state index < -0.39 is 11.7 Å². The summed E-state index contributed by atoms with van der Waals surface area (Å²) in [4.78, 5) is 4.52. The summed E-state index contributed by atoms with van der Waals surface area (Å²) in [7, 11) is 0. The van der Waals surface area contributed by atoms with E-state index in [2.05, 4.69) is 10.3 Å². The molecule has 0 radical (unpaired) electrons. The van der Waals surface area contributed by atoms with E-state index in [1.165, 1.54) is 12.1 Å². The first-order valence-corrected chi connectivity index (χ1v) is 10.2. The van der Waals surface area contributed by atoms with Crippen LogP contribution in [0.3, 0.4) is 0 Å². The molecule has 3 aromatic rings. The Bertz CT molecular complexity index is 1040. The first-order valence-electron chi connectivity index (χ1n) is 10.2. The van der Waals surface area contributed by atoms with Crippen LogP contribution in [0.15, 0.2) is 48.5 Å². The zero-order valence-electron chi connectivity index (χ0n) is 16.5. The molecule has 0 atom stereocenters. The number of rotatable bonds is 4. The first kappa shape index (κ1) is 20.5. The van der Waals surface area contributed by atoms with Crippen molar-refractivity contribution in [3.63, 3.8) is 0 Å². The molecular formula is C23H25F3N4. The lowest BCUT2D eigenvalue weighted by atomic mass is 9.80. The van der Waals surface area contributed by atoms with Gasteiger partial charge in [0.15, 0.2) is 0 Å².